The number of unbranched alkanes of at least 4 members (excludes halogenated alkanes) is 3. The molecule has 0 amide bonds. The third-order valence-electron chi connectivity index (χ3n) is 1.58. The lowest BCUT2D eigenvalue weighted by atomic mass is 10.2. The molecule has 0 saturated heterocycles. The van der Waals surface area contributed by atoms with Crippen molar-refractivity contribution in [3.63, 3.8) is 0 Å². The number of nitrogens with zero attached hydrogens (tertiary/aromatic N) is 1. The monoisotopic (exact) mass is 175 g/mol. The molecule has 0 heterocycles. The molecule has 0 bridgehead atoms. The zero-order valence-electron chi connectivity index (χ0n) is 8.08. The molecule has 0 fully saturated rings. The quantitative estimate of drug-likeness (QED) is 0.328. The van der Waals surface area contributed by atoms with Crippen LogP contribution in [0, 0.1) is 11.3 Å². The van der Waals surface area contributed by atoms with Crippen LogP contribution >= 0.6 is 0 Å². The molecule has 0 rings (SSSR count). The van der Waals surface area contributed by atoms with Gasteiger partial charge in [-0.25, -0.2) is 0 Å². The summed E-state index contributed by atoms with van der Waals surface area (Å²) in [6, 6.07) is 2.12. The summed E-state index contributed by atoms with van der Waals surface area (Å²) in [5.74, 6) is 0. The zero-order valence-corrected chi connectivity index (χ0v) is 8.08. The van der Waals surface area contributed by atoms with Crippen molar-refractivity contribution in [3.05, 3.63) is 37.0 Å². The normalized spacial score (nSPS) is 10.7. The summed E-state index contributed by atoms with van der Waals surface area (Å²) < 4.78 is 0. The maximum atomic E-state index is 8.27. The van der Waals surface area contributed by atoms with Crippen LogP contribution in [0.25, 0.3) is 0 Å². The molecule has 0 aliphatic carbocycles. The smallest absolute Gasteiger partial charge is 0.0621 e. The van der Waals surface area contributed by atoms with Gasteiger partial charge in [-0.05, 0) is 25.7 Å². The minimum absolute atomic E-state index is 0.657. The van der Waals surface area contributed by atoms with Crippen LogP contribution in [0.4, 0.5) is 0 Å². The van der Waals surface area contributed by atoms with E-state index in [0.29, 0.717) is 6.42 Å². The minimum Gasteiger partial charge on any atom is -0.198 e. The standard InChI is InChI=1S/C12H17N/c1-2-3-4-5-6-7-8-9-10-11-12-13/h2,5-8H,1,3-4,9-11H2/b6-5+,8-7+. The van der Waals surface area contributed by atoms with Crippen LogP contribution in [0.15, 0.2) is 37.0 Å². The van der Waals surface area contributed by atoms with Crippen LogP contribution in [0.1, 0.15) is 32.1 Å². The van der Waals surface area contributed by atoms with E-state index < -0.39 is 0 Å². The average Bonchev–Trinajstić information content (AvgIpc) is 2.16. The van der Waals surface area contributed by atoms with Crippen molar-refractivity contribution in [3.8, 4) is 6.07 Å². The van der Waals surface area contributed by atoms with E-state index in [1.807, 2.05) is 12.2 Å². The Morgan fingerprint density at radius 3 is 2.38 bits per heavy atom. The third-order valence-corrected chi connectivity index (χ3v) is 1.58. The number of hydrogen-bond donors (Lipinski definition) is 0. The Hall–Kier alpha value is -1.29. The van der Waals surface area contributed by atoms with Crippen molar-refractivity contribution in [2.75, 3.05) is 0 Å². The van der Waals surface area contributed by atoms with Gasteiger partial charge in [-0.15, -0.1) is 6.58 Å². The van der Waals surface area contributed by atoms with E-state index in [0.717, 1.165) is 25.7 Å². The molecule has 0 aliphatic heterocycles. The first kappa shape index (κ1) is 11.7. The summed E-state index contributed by atoms with van der Waals surface area (Å²) in [4.78, 5) is 0. The highest BCUT2D eigenvalue weighted by Gasteiger charge is 1.79. The van der Waals surface area contributed by atoms with E-state index in [9.17, 15) is 0 Å². The van der Waals surface area contributed by atoms with Crippen LogP contribution in [-0.4, -0.2) is 0 Å². The summed E-state index contributed by atoms with van der Waals surface area (Å²) in [6.07, 6.45) is 15.0. The summed E-state index contributed by atoms with van der Waals surface area (Å²) in [5.41, 5.74) is 0. The Labute approximate surface area is 81.1 Å². The molecule has 70 valence electrons. The van der Waals surface area contributed by atoms with E-state index >= 15 is 0 Å². The highest BCUT2D eigenvalue weighted by molar-refractivity contribution is 5.02. The predicted octanol–water partition coefficient (Wildman–Crippen LogP) is 3.76. The molecule has 0 atom stereocenters. The maximum Gasteiger partial charge on any atom is 0.0621 e. The lowest BCUT2D eigenvalue weighted by Crippen LogP contribution is -1.67. The van der Waals surface area contributed by atoms with Crippen LogP contribution in [0.5, 0.6) is 0 Å². The van der Waals surface area contributed by atoms with Crippen LogP contribution in [0.3, 0.4) is 0 Å². The molecule has 0 aliphatic rings. The Balaban J connectivity index is 3.25. The van der Waals surface area contributed by atoms with Gasteiger partial charge in [0.15, 0.2) is 0 Å². The van der Waals surface area contributed by atoms with Crippen molar-refractivity contribution < 1.29 is 0 Å². The van der Waals surface area contributed by atoms with Crippen molar-refractivity contribution >= 4 is 0 Å². The fourth-order valence-corrected chi connectivity index (χ4v) is 0.863. The van der Waals surface area contributed by atoms with Gasteiger partial charge in [0.25, 0.3) is 0 Å². The van der Waals surface area contributed by atoms with Gasteiger partial charge in [-0.3, -0.25) is 0 Å². The number of nitriles is 1. The Kier molecular flexibility index (Phi) is 9.65. The van der Waals surface area contributed by atoms with E-state index in [-0.39, 0.29) is 0 Å². The van der Waals surface area contributed by atoms with Gasteiger partial charge < -0.3 is 0 Å². The second-order valence-corrected chi connectivity index (χ2v) is 2.77. The van der Waals surface area contributed by atoms with Crippen LogP contribution in [-0.2, 0) is 0 Å². The van der Waals surface area contributed by atoms with E-state index in [2.05, 4.69) is 30.9 Å². The van der Waals surface area contributed by atoms with Gasteiger partial charge in [0.1, 0.15) is 0 Å². The lowest BCUT2D eigenvalue weighted by molar-refractivity contribution is 0.876. The van der Waals surface area contributed by atoms with Gasteiger partial charge in [0.2, 0.25) is 0 Å². The predicted molar refractivity (Wildman–Crippen MR) is 57.2 cm³/mol. The average molecular weight is 175 g/mol. The zero-order chi connectivity index (χ0) is 9.78. The second-order valence-electron chi connectivity index (χ2n) is 2.77. The first-order chi connectivity index (χ1) is 6.41. The summed E-state index contributed by atoms with van der Waals surface area (Å²) in [5, 5.41) is 8.27. The van der Waals surface area contributed by atoms with E-state index in [4.69, 9.17) is 5.26 Å². The molecule has 13 heavy (non-hydrogen) atoms. The number of rotatable bonds is 7. The van der Waals surface area contributed by atoms with Crippen molar-refractivity contribution in [1.82, 2.24) is 0 Å². The van der Waals surface area contributed by atoms with E-state index in [1.54, 1.807) is 0 Å². The van der Waals surface area contributed by atoms with Gasteiger partial charge in [0, 0.05) is 6.42 Å². The number of allylic oxidation sites excluding steroid dienone is 5. The molecule has 1 heteroatoms. The van der Waals surface area contributed by atoms with Crippen molar-refractivity contribution in [2.24, 2.45) is 0 Å². The largest absolute Gasteiger partial charge is 0.198 e. The maximum absolute atomic E-state index is 8.27. The topological polar surface area (TPSA) is 23.8 Å². The molecule has 0 radical (unpaired) electrons. The lowest BCUT2D eigenvalue weighted by Gasteiger charge is -1.85. The fraction of sp³-hybridized carbons (Fsp3) is 0.417. The van der Waals surface area contributed by atoms with Crippen molar-refractivity contribution in [2.45, 2.75) is 32.1 Å². The molecule has 0 aromatic carbocycles. The molecular weight excluding hydrogens is 158 g/mol. The van der Waals surface area contributed by atoms with Crippen molar-refractivity contribution in [1.29, 1.82) is 5.26 Å². The highest BCUT2D eigenvalue weighted by Crippen LogP contribution is 1.96. The summed E-state index contributed by atoms with van der Waals surface area (Å²) in [7, 11) is 0. The molecular formula is C12H17N. The molecule has 0 saturated carbocycles. The third kappa shape index (κ3) is 10.7. The summed E-state index contributed by atoms with van der Waals surface area (Å²) >= 11 is 0. The van der Waals surface area contributed by atoms with Crippen LogP contribution in [0.2, 0.25) is 0 Å². The Bertz CT molecular complexity index is 206. The van der Waals surface area contributed by atoms with Crippen LogP contribution < -0.4 is 0 Å². The van der Waals surface area contributed by atoms with Gasteiger partial charge in [-0.1, -0.05) is 30.4 Å². The highest BCUT2D eigenvalue weighted by atomic mass is 14.2. The SMILES string of the molecule is C=CCC/C=C/C=C/CCCC#N. The summed E-state index contributed by atoms with van der Waals surface area (Å²) in [6.45, 7) is 3.65. The van der Waals surface area contributed by atoms with E-state index in [1.165, 1.54) is 0 Å². The molecule has 0 spiro atoms. The van der Waals surface area contributed by atoms with Gasteiger partial charge >= 0.3 is 0 Å². The number of hydrogen-bond acceptors (Lipinski definition) is 1. The Morgan fingerprint density at radius 1 is 1.08 bits per heavy atom. The first-order valence-electron chi connectivity index (χ1n) is 4.71. The Morgan fingerprint density at radius 2 is 1.77 bits per heavy atom. The minimum atomic E-state index is 0.657. The molecule has 1 nitrogen and oxygen atoms in total. The molecule has 0 aromatic rings. The fourth-order valence-electron chi connectivity index (χ4n) is 0.863. The first-order valence-corrected chi connectivity index (χ1v) is 4.71. The molecule has 0 aromatic heterocycles. The van der Waals surface area contributed by atoms with Gasteiger partial charge in [0.05, 0.1) is 6.07 Å². The molecule has 0 N–H and O–H groups in total. The molecule has 0 unspecified atom stereocenters. The van der Waals surface area contributed by atoms with Gasteiger partial charge in [-0.2, -0.15) is 5.26 Å². The second kappa shape index (κ2) is 10.7.